The van der Waals surface area contributed by atoms with E-state index in [1.165, 1.54) is 18.2 Å². The summed E-state index contributed by atoms with van der Waals surface area (Å²) in [5, 5.41) is 3.04. The Bertz CT molecular complexity index is 1030. The average molecular weight is 459 g/mol. The molecule has 0 aliphatic heterocycles. The quantitative estimate of drug-likeness (QED) is 0.642. The first-order valence-corrected chi connectivity index (χ1v) is 11.5. The van der Waals surface area contributed by atoms with Crippen molar-refractivity contribution in [3.05, 3.63) is 57.8 Å². The summed E-state index contributed by atoms with van der Waals surface area (Å²) >= 11 is 11.9. The number of amides is 1. The van der Waals surface area contributed by atoms with E-state index in [1.54, 1.807) is 0 Å². The number of hydrogen-bond acceptors (Lipinski definition) is 3. The highest BCUT2D eigenvalue weighted by atomic mass is 35.5. The first-order valence-electron chi connectivity index (χ1n) is 9.25. The Morgan fingerprint density at radius 2 is 1.83 bits per heavy atom. The molecule has 0 unspecified atom stereocenters. The molecule has 2 aromatic rings. The van der Waals surface area contributed by atoms with Crippen LogP contribution in [0.5, 0.6) is 0 Å². The van der Waals surface area contributed by atoms with Crippen LogP contribution in [0.15, 0.2) is 41.3 Å². The summed E-state index contributed by atoms with van der Waals surface area (Å²) in [5.74, 6) is -1.43. The Kier molecular flexibility index (Phi) is 6.83. The van der Waals surface area contributed by atoms with Gasteiger partial charge in [-0.25, -0.2) is 17.5 Å². The monoisotopic (exact) mass is 458 g/mol. The molecule has 9 heteroatoms. The van der Waals surface area contributed by atoms with Gasteiger partial charge in [0.15, 0.2) is 0 Å². The van der Waals surface area contributed by atoms with E-state index < -0.39 is 27.3 Å². The molecule has 0 heterocycles. The lowest BCUT2D eigenvalue weighted by Crippen LogP contribution is -2.41. The molecule has 3 rings (SSSR count). The highest BCUT2D eigenvalue weighted by Gasteiger charge is 2.28. The highest BCUT2D eigenvalue weighted by Crippen LogP contribution is 2.28. The van der Waals surface area contributed by atoms with Crippen LogP contribution in [0.25, 0.3) is 0 Å². The number of sulfonamides is 1. The van der Waals surface area contributed by atoms with Crippen LogP contribution in [0.4, 0.5) is 10.1 Å². The van der Waals surface area contributed by atoms with Crippen molar-refractivity contribution in [2.45, 2.75) is 43.5 Å². The molecule has 1 aliphatic carbocycles. The van der Waals surface area contributed by atoms with Gasteiger partial charge in [0.1, 0.15) is 5.82 Å². The Morgan fingerprint density at radius 1 is 1.10 bits per heavy atom. The Labute approximate surface area is 179 Å². The van der Waals surface area contributed by atoms with E-state index >= 15 is 0 Å². The lowest BCUT2D eigenvalue weighted by Gasteiger charge is -2.29. The number of benzene rings is 2. The molecule has 2 aromatic carbocycles. The number of rotatable bonds is 5. The zero-order valence-electron chi connectivity index (χ0n) is 15.7. The Hall–Kier alpha value is -1.67. The topological polar surface area (TPSA) is 75.3 Å². The molecule has 0 aromatic heterocycles. The van der Waals surface area contributed by atoms with Crippen molar-refractivity contribution >= 4 is 44.8 Å². The van der Waals surface area contributed by atoms with Crippen LogP contribution in [0, 0.1) is 11.7 Å². The van der Waals surface area contributed by atoms with Crippen LogP contribution < -0.4 is 10.0 Å². The standard InChI is InChI=1S/C20H21Cl2FN2O3S/c1-12-4-2-3-5-18(12)25-29(27,28)14-7-8-17(23)15(11-14)20(26)24-19-9-6-13(21)10-16(19)22/h6-12,18,25H,2-5H2,1H3,(H,24,26)/t12-,18-/m0/s1. The maximum atomic E-state index is 14.3. The maximum absolute atomic E-state index is 14.3. The number of hydrogen-bond donors (Lipinski definition) is 2. The van der Waals surface area contributed by atoms with E-state index in [4.69, 9.17) is 23.2 Å². The zero-order chi connectivity index (χ0) is 21.2. The zero-order valence-corrected chi connectivity index (χ0v) is 18.0. The summed E-state index contributed by atoms with van der Waals surface area (Å²) in [6, 6.07) is 7.41. The summed E-state index contributed by atoms with van der Waals surface area (Å²) in [6.07, 6.45) is 3.74. The second-order valence-electron chi connectivity index (χ2n) is 7.21. The number of nitrogens with one attached hydrogen (secondary N) is 2. The van der Waals surface area contributed by atoms with E-state index in [1.807, 2.05) is 6.92 Å². The fourth-order valence-corrected chi connectivity index (χ4v) is 5.25. The van der Waals surface area contributed by atoms with Gasteiger partial charge in [-0.3, -0.25) is 4.79 Å². The van der Waals surface area contributed by atoms with E-state index in [-0.39, 0.29) is 27.6 Å². The van der Waals surface area contributed by atoms with Gasteiger partial charge in [-0.05, 0) is 55.2 Å². The summed E-state index contributed by atoms with van der Waals surface area (Å²) in [6.45, 7) is 2.01. The van der Waals surface area contributed by atoms with Crippen molar-refractivity contribution in [1.29, 1.82) is 0 Å². The average Bonchev–Trinajstić information content (AvgIpc) is 2.66. The molecule has 0 saturated heterocycles. The van der Waals surface area contributed by atoms with Gasteiger partial charge in [-0.1, -0.05) is 43.0 Å². The van der Waals surface area contributed by atoms with E-state index in [0.717, 1.165) is 43.9 Å². The van der Waals surface area contributed by atoms with Gasteiger partial charge < -0.3 is 5.32 Å². The molecular weight excluding hydrogens is 438 g/mol. The number of halogens is 3. The molecule has 0 radical (unpaired) electrons. The van der Waals surface area contributed by atoms with Crippen LogP contribution >= 0.6 is 23.2 Å². The molecule has 1 saturated carbocycles. The number of carbonyl (C=O) groups excluding carboxylic acids is 1. The van der Waals surface area contributed by atoms with Gasteiger partial charge in [-0.2, -0.15) is 0 Å². The van der Waals surface area contributed by atoms with Crippen molar-refractivity contribution < 1.29 is 17.6 Å². The molecule has 2 N–H and O–H groups in total. The van der Waals surface area contributed by atoms with Crippen LogP contribution in [0.1, 0.15) is 43.0 Å². The highest BCUT2D eigenvalue weighted by molar-refractivity contribution is 7.89. The largest absolute Gasteiger partial charge is 0.321 e. The molecule has 1 amide bonds. The normalized spacial score (nSPS) is 19.7. The Morgan fingerprint density at radius 3 is 2.52 bits per heavy atom. The third kappa shape index (κ3) is 5.28. The van der Waals surface area contributed by atoms with Crippen molar-refractivity contribution in [1.82, 2.24) is 4.72 Å². The molecule has 5 nitrogen and oxygen atoms in total. The fraction of sp³-hybridized carbons (Fsp3) is 0.350. The van der Waals surface area contributed by atoms with Crippen molar-refractivity contribution in [2.24, 2.45) is 5.92 Å². The van der Waals surface area contributed by atoms with Crippen LogP contribution in [0.2, 0.25) is 10.0 Å². The lowest BCUT2D eigenvalue weighted by atomic mass is 9.87. The first-order chi connectivity index (χ1) is 13.7. The minimum absolute atomic E-state index is 0.163. The van der Waals surface area contributed by atoms with Gasteiger partial charge in [0.2, 0.25) is 10.0 Å². The van der Waals surface area contributed by atoms with Crippen LogP contribution in [-0.4, -0.2) is 20.4 Å². The van der Waals surface area contributed by atoms with Gasteiger partial charge in [0.05, 0.1) is 21.2 Å². The smallest absolute Gasteiger partial charge is 0.258 e. The van der Waals surface area contributed by atoms with E-state index in [9.17, 15) is 17.6 Å². The summed E-state index contributed by atoms with van der Waals surface area (Å²) in [4.78, 5) is 12.4. The summed E-state index contributed by atoms with van der Waals surface area (Å²) < 4.78 is 42.5. The third-order valence-electron chi connectivity index (χ3n) is 5.09. The van der Waals surface area contributed by atoms with Crippen molar-refractivity contribution in [3.8, 4) is 0 Å². The van der Waals surface area contributed by atoms with Crippen LogP contribution in [0.3, 0.4) is 0 Å². The van der Waals surface area contributed by atoms with Gasteiger partial charge in [0, 0.05) is 11.1 Å². The number of carbonyl (C=O) groups is 1. The van der Waals surface area contributed by atoms with E-state index in [0.29, 0.717) is 5.02 Å². The predicted octanol–water partition coefficient (Wildman–Crippen LogP) is 5.24. The molecule has 0 spiro atoms. The van der Waals surface area contributed by atoms with Gasteiger partial charge >= 0.3 is 0 Å². The number of anilines is 1. The molecule has 29 heavy (non-hydrogen) atoms. The maximum Gasteiger partial charge on any atom is 0.258 e. The minimum atomic E-state index is -3.89. The van der Waals surface area contributed by atoms with Crippen molar-refractivity contribution in [3.63, 3.8) is 0 Å². The Balaban J connectivity index is 1.84. The molecular formula is C20H21Cl2FN2O3S. The molecule has 1 fully saturated rings. The molecule has 0 bridgehead atoms. The van der Waals surface area contributed by atoms with E-state index in [2.05, 4.69) is 10.0 Å². The predicted molar refractivity (Wildman–Crippen MR) is 113 cm³/mol. The second kappa shape index (κ2) is 9.00. The minimum Gasteiger partial charge on any atom is -0.321 e. The SMILES string of the molecule is C[C@H]1CCCC[C@@H]1NS(=O)(=O)c1ccc(F)c(C(=O)Nc2ccc(Cl)cc2Cl)c1. The summed E-state index contributed by atoms with van der Waals surface area (Å²) in [5.41, 5.74) is -0.154. The fourth-order valence-electron chi connectivity index (χ4n) is 3.38. The molecule has 1 aliphatic rings. The molecule has 156 valence electrons. The first kappa shape index (κ1) is 22.0. The van der Waals surface area contributed by atoms with Crippen molar-refractivity contribution in [2.75, 3.05) is 5.32 Å². The van der Waals surface area contributed by atoms with Gasteiger partial charge in [-0.15, -0.1) is 0 Å². The van der Waals surface area contributed by atoms with Crippen LogP contribution in [-0.2, 0) is 10.0 Å². The second-order valence-corrected chi connectivity index (χ2v) is 9.77. The molecule has 2 atom stereocenters. The third-order valence-corrected chi connectivity index (χ3v) is 7.13. The summed E-state index contributed by atoms with van der Waals surface area (Å²) in [7, 11) is -3.89. The van der Waals surface area contributed by atoms with Gasteiger partial charge in [0.25, 0.3) is 5.91 Å². The lowest BCUT2D eigenvalue weighted by molar-refractivity contribution is 0.102.